The molecule has 0 radical (unpaired) electrons. The quantitative estimate of drug-likeness (QED) is 0.626. The first-order chi connectivity index (χ1) is 8.72. The molecule has 7 heteroatoms. The van der Waals surface area contributed by atoms with Gasteiger partial charge in [0.2, 0.25) is 0 Å². The molecule has 0 aliphatic heterocycles. The highest BCUT2D eigenvalue weighted by Crippen LogP contribution is 2.25. The van der Waals surface area contributed by atoms with Gasteiger partial charge in [0.25, 0.3) is 10.0 Å². The zero-order valence-electron chi connectivity index (χ0n) is 10.9. The van der Waals surface area contributed by atoms with Gasteiger partial charge in [0.1, 0.15) is 0 Å². The average molecular weight is 324 g/mol. The lowest BCUT2D eigenvalue weighted by Gasteiger charge is -2.08. The summed E-state index contributed by atoms with van der Waals surface area (Å²) in [5.74, 6) is 0.387. The maximum absolute atomic E-state index is 12.0. The van der Waals surface area contributed by atoms with Gasteiger partial charge in [-0.05, 0) is 24.1 Å². The lowest BCUT2D eigenvalue weighted by atomic mass is 10.2. The number of hydrogen-bond donors (Lipinski definition) is 0. The van der Waals surface area contributed by atoms with Crippen molar-refractivity contribution < 1.29 is 13.2 Å². The summed E-state index contributed by atoms with van der Waals surface area (Å²) in [4.78, 5) is -0.0191. The summed E-state index contributed by atoms with van der Waals surface area (Å²) in [5.41, 5.74) is 0. The largest absolute Gasteiger partial charge is 0.480 e. The van der Waals surface area contributed by atoms with Crippen LogP contribution in [0.15, 0.2) is 27.5 Å². The van der Waals surface area contributed by atoms with Crippen molar-refractivity contribution in [3.63, 3.8) is 0 Å². The van der Waals surface area contributed by atoms with Crippen LogP contribution >= 0.6 is 23.2 Å². The van der Waals surface area contributed by atoms with E-state index in [-0.39, 0.29) is 26.8 Å². The van der Waals surface area contributed by atoms with Crippen molar-refractivity contribution in [3.05, 3.63) is 28.2 Å². The zero-order chi connectivity index (χ0) is 14.6. The third kappa shape index (κ3) is 5.01. The molecule has 4 nitrogen and oxygen atoms in total. The van der Waals surface area contributed by atoms with E-state index < -0.39 is 10.0 Å². The molecule has 0 bridgehead atoms. The van der Waals surface area contributed by atoms with Crippen LogP contribution in [-0.4, -0.2) is 20.9 Å². The van der Waals surface area contributed by atoms with Gasteiger partial charge in [-0.2, -0.15) is 8.42 Å². The Morgan fingerprint density at radius 1 is 1.32 bits per heavy atom. The van der Waals surface area contributed by atoms with Crippen molar-refractivity contribution in [2.24, 2.45) is 10.3 Å². The molecule has 19 heavy (non-hydrogen) atoms. The van der Waals surface area contributed by atoms with Gasteiger partial charge in [-0.15, -0.1) is 4.40 Å². The minimum atomic E-state index is -3.83. The van der Waals surface area contributed by atoms with Gasteiger partial charge in [0, 0.05) is 6.92 Å². The summed E-state index contributed by atoms with van der Waals surface area (Å²) in [7, 11) is -3.83. The topological polar surface area (TPSA) is 55.7 Å². The van der Waals surface area contributed by atoms with Crippen LogP contribution in [0.5, 0.6) is 0 Å². The average Bonchev–Trinajstić information content (AvgIpc) is 2.29. The second-order valence-corrected chi connectivity index (χ2v) is 6.78. The van der Waals surface area contributed by atoms with Crippen LogP contribution in [0.3, 0.4) is 0 Å². The van der Waals surface area contributed by atoms with E-state index in [1.807, 2.05) is 13.8 Å². The van der Waals surface area contributed by atoms with E-state index >= 15 is 0 Å². The Kier molecular flexibility index (Phi) is 5.64. The van der Waals surface area contributed by atoms with E-state index in [0.717, 1.165) is 0 Å². The lowest BCUT2D eigenvalue weighted by Crippen LogP contribution is -2.09. The van der Waals surface area contributed by atoms with Crippen molar-refractivity contribution in [3.8, 4) is 0 Å². The second-order valence-electron chi connectivity index (χ2n) is 4.37. The number of benzene rings is 1. The molecule has 0 atom stereocenters. The van der Waals surface area contributed by atoms with E-state index in [9.17, 15) is 8.42 Å². The smallest absolute Gasteiger partial charge is 0.285 e. The van der Waals surface area contributed by atoms with Gasteiger partial charge in [-0.25, -0.2) is 0 Å². The molecule has 0 heterocycles. The fraction of sp³-hybridized carbons (Fsp3) is 0.417. The molecule has 106 valence electrons. The van der Waals surface area contributed by atoms with Crippen LogP contribution in [0.2, 0.25) is 10.0 Å². The molecular weight excluding hydrogens is 309 g/mol. The van der Waals surface area contributed by atoms with Crippen molar-refractivity contribution in [2.45, 2.75) is 25.7 Å². The number of sulfonamides is 1. The summed E-state index contributed by atoms with van der Waals surface area (Å²) in [6.45, 7) is 5.82. The number of halogens is 2. The summed E-state index contributed by atoms with van der Waals surface area (Å²) in [6, 6.07) is 4.03. The first-order valence-corrected chi connectivity index (χ1v) is 7.81. The first-order valence-electron chi connectivity index (χ1n) is 5.62. The molecule has 0 fully saturated rings. The Labute approximate surface area is 123 Å². The number of nitrogens with zero attached hydrogens (tertiary/aromatic N) is 1. The number of ether oxygens (including phenoxy) is 1. The molecule has 0 amide bonds. The minimum Gasteiger partial charge on any atom is -0.480 e. The molecule has 0 spiro atoms. The highest BCUT2D eigenvalue weighted by Gasteiger charge is 2.15. The van der Waals surface area contributed by atoms with E-state index in [2.05, 4.69) is 4.40 Å². The van der Waals surface area contributed by atoms with Gasteiger partial charge in [-0.3, -0.25) is 0 Å². The van der Waals surface area contributed by atoms with Crippen molar-refractivity contribution in [1.82, 2.24) is 0 Å². The van der Waals surface area contributed by atoms with Crippen LogP contribution in [0.4, 0.5) is 0 Å². The molecule has 0 unspecified atom stereocenters. The molecule has 1 aromatic carbocycles. The molecule has 0 aliphatic rings. The van der Waals surface area contributed by atoms with Gasteiger partial charge in [0.15, 0.2) is 5.90 Å². The van der Waals surface area contributed by atoms with Gasteiger partial charge in [0.05, 0.1) is 21.5 Å². The normalized spacial score (nSPS) is 12.8. The molecule has 1 aromatic rings. The summed E-state index contributed by atoms with van der Waals surface area (Å²) in [5, 5.41) is 0.455. The lowest BCUT2D eigenvalue weighted by molar-refractivity contribution is 0.257. The highest BCUT2D eigenvalue weighted by molar-refractivity contribution is 7.90. The van der Waals surface area contributed by atoms with Crippen LogP contribution in [0, 0.1) is 5.92 Å². The van der Waals surface area contributed by atoms with Crippen LogP contribution in [0.1, 0.15) is 20.8 Å². The Bertz CT molecular complexity index is 583. The van der Waals surface area contributed by atoms with E-state index in [4.69, 9.17) is 27.9 Å². The Morgan fingerprint density at radius 3 is 2.47 bits per heavy atom. The predicted octanol–water partition coefficient (Wildman–Crippen LogP) is 3.77. The first kappa shape index (κ1) is 16.3. The van der Waals surface area contributed by atoms with E-state index in [1.54, 1.807) is 0 Å². The highest BCUT2D eigenvalue weighted by atomic mass is 35.5. The minimum absolute atomic E-state index is 0.0191. The van der Waals surface area contributed by atoms with Crippen molar-refractivity contribution in [1.29, 1.82) is 0 Å². The molecular formula is C12H15Cl2NO3S. The maximum atomic E-state index is 12.0. The molecule has 0 saturated carbocycles. The maximum Gasteiger partial charge on any atom is 0.285 e. The Hall–Kier alpha value is -0.780. The summed E-state index contributed by atoms with van der Waals surface area (Å²) < 4.78 is 32.8. The number of hydrogen-bond acceptors (Lipinski definition) is 3. The SMILES string of the molecule is CC(=NS(=O)(=O)c1ccc(Cl)c(Cl)c1)OCC(C)C. The second kappa shape index (κ2) is 6.59. The number of rotatable bonds is 4. The summed E-state index contributed by atoms with van der Waals surface area (Å²) >= 11 is 11.5. The Balaban J connectivity index is 2.97. The molecule has 0 saturated heterocycles. The van der Waals surface area contributed by atoms with Crippen molar-refractivity contribution >= 4 is 39.1 Å². The van der Waals surface area contributed by atoms with Gasteiger partial charge < -0.3 is 4.74 Å². The van der Waals surface area contributed by atoms with Crippen LogP contribution in [-0.2, 0) is 14.8 Å². The van der Waals surface area contributed by atoms with E-state index in [0.29, 0.717) is 6.61 Å². The zero-order valence-corrected chi connectivity index (χ0v) is 13.2. The predicted molar refractivity (Wildman–Crippen MR) is 77.5 cm³/mol. The third-order valence-electron chi connectivity index (χ3n) is 2.06. The van der Waals surface area contributed by atoms with Crippen molar-refractivity contribution in [2.75, 3.05) is 6.61 Å². The van der Waals surface area contributed by atoms with Crippen LogP contribution < -0.4 is 0 Å². The standard InChI is InChI=1S/C12H15Cl2NO3S/c1-8(2)7-18-9(3)15-19(16,17)10-4-5-11(13)12(14)6-10/h4-6,8H,7H2,1-3H3. The Morgan fingerprint density at radius 2 is 1.95 bits per heavy atom. The summed E-state index contributed by atoms with van der Waals surface area (Å²) in [6.07, 6.45) is 0. The molecule has 0 aromatic heterocycles. The fourth-order valence-electron chi connectivity index (χ4n) is 1.17. The monoisotopic (exact) mass is 323 g/mol. The third-order valence-corrected chi connectivity index (χ3v) is 4.15. The van der Waals surface area contributed by atoms with E-state index in [1.165, 1.54) is 25.1 Å². The molecule has 1 rings (SSSR count). The fourth-order valence-corrected chi connectivity index (χ4v) is 2.54. The van der Waals surface area contributed by atoms with Crippen LogP contribution in [0.25, 0.3) is 0 Å². The van der Waals surface area contributed by atoms with Gasteiger partial charge in [-0.1, -0.05) is 37.0 Å². The molecule has 0 N–H and O–H groups in total. The molecule has 0 aliphatic carbocycles. The van der Waals surface area contributed by atoms with Gasteiger partial charge >= 0.3 is 0 Å².